The van der Waals surface area contributed by atoms with Crippen molar-refractivity contribution in [3.63, 3.8) is 0 Å². The zero-order chi connectivity index (χ0) is 15.5. The van der Waals surface area contributed by atoms with Gasteiger partial charge in [-0.25, -0.2) is 4.98 Å². The third-order valence-corrected chi connectivity index (χ3v) is 4.08. The van der Waals surface area contributed by atoms with E-state index in [0.29, 0.717) is 40.8 Å². The summed E-state index contributed by atoms with van der Waals surface area (Å²) < 4.78 is 15.7. The molecule has 1 aromatic carbocycles. The number of ether oxygens (including phenoxy) is 3. The van der Waals surface area contributed by atoms with Gasteiger partial charge in [0.15, 0.2) is 11.5 Å². The molecule has 2 aromatic rings. The van der Waals surface area contributed by atoms with Crippen LogP contribution in [0.4, 0.5) is 0 Å². The largest absolute Gasteiger partial charge is 0.486 e. The van der Waals surface area contributed by atoms with E-state index in [4.69, 9.17) is 9.47 Å². The molecule has 112 valence electrons. The summed E-state index contributed by atoms with van der Waals surface area (Å²) in [6.45, 7) is 1.00. The number of benzene rings is 1. The lowest BCUT2D eigenvalue weighted by atomic mass is 10.1. The average molecular weight is 316 g/mol. The number of carbonyl (C=O) groups excluding carboxylic acids is 1. The summed E-state index contributed by atoms with van der Waals surface area (Å²) in [7, 11) is 1.32. The maximum absolute atomic E-state index is 11.2. The summed E-state index contributed by atoms with van der Waals surface area (Å²) in [6, 6.07) is 7.44. The van der Waals surface area contributed by atoms with E-state index in [9.17, 15) is 10.1 Å². The van der Waals surface area contributed by atoms with Crippen molar-refractivity contribution >= 4 is 28.6 Å². The van der Waals surface area contributed by atoms with Gasteiger partial charge in [-0.05, 0) is 12.1 Å². The second kappa shape index (κ2) is 6.12. The molecule has 0 spiro atoms. The highest BCUT2D eigenvalue weighted by Crippen LogP contribution is 2.35. The van der Waals surface area contributed by atoms with Gasteiger partial charge in [0, 0.05) is 11.5 Å². The van der Waals surface area contributed by atoms with Gasteiger partial charge < -0.3 is 14.2 Å². The first kappa shape index (κ1) is 14.5. The van der Waals surface area contributed by atoms with E-state index in [-0.39, 0.29) is 11.7 Å². The van der Waals surface area contributed by atoms with Crippen LogP contribution in [0.3, 0.4) is 0 Å². The molecule has 6 nitrogen and oxygen atoms in total. The van der Waals surface area contributed by atoms with Crippen LogP contribution >= 0.6 is 11.8 Å². The Hall–Kier alpha value is -2.46. The molecule has 0 aliphatic carbocycles. The van der Waals surface area contributed by atoms with Gasteiger partial charge in [-0.15, -0.1) is 0 Å². The van der Waals surface area contributed by atoms with Gasteiger partial charge in [0.1, 0.15) is 24.3 Å². The van der Waals surface area contributed by atoms with Crippen molar-refractivity contribution in [1.82, 2.24) is 4.98 Å². The first-order chi connectivity index (χ1) is 10.7. The van der Waals surface area contributed by atoms with E-state index in [2.05, 4.69) is 15.8 Å². The van der Waals surface area contributed by atoms with Crippen molar-refractivity contribution in [2.75, 3.05) is 26.1 Å². The maximum Gasteiger partial charge on any atom is 0.316 e. The second-order valence-electron chi connectivity index (χ2n) is 4.51. The lowest BCUT2D eigenvalue weighted by Gasteiger charge is -2.18. The molecule has 1 aliphatic heterocycles. The molecule has 3 rings (SSSR count). The van der Waals surface area contributed by atoms with Gasteiger partial charge in [0.2, 0.25) is 0 Å². The van der Waals surface area contributed by atoms with Gasteiger partial charge in [0.25, 0.3) is 0 Å². The third-order valence-electron chi connectivity index (χ3n) is 3.12. The number of fused-ring (bicyclic) bond motifs is 2. The molecule has 0 N–H and O–H groups in total. The Kier molecular flexibility index (Phi) is 4.02. The fourth-order valence-corrected chi connectivity index (χ4v) is 2.86. The topological polar surface area (TPSA) is 81.4 Å². The summed E-state index contributed by atoms with van der Waals surface area (Å²) in [5.74, 6) is 1.03. The van der Waals surface area contributed by atoms with Crippen LogP contribution < -0.4 is 9.47 Å². The molecule has 1 aromatic heterocycles. The number of hydrogen-bond donors (Lipinski definition) is 0. The minimum atomic E-state index is -0.363. The number of methoxy groups -OCH3 is 1. The summed E-state index contributed by atoms with van der Waals surface area (Å²) >= 11 is 1.18. The van der Waals surface area contributed by atoms with Crippen LogP contribution in [-0.4, -0.2) is 37.0 Å². The Morgan fingerprint density at radius 2 is 2.09 bits per heavy atom. The van der Waals surface area contributed by atoms with Gasteiger partial charge in [-0.1, -0.05) is 11.8 Å². The van der Waals surface area contributed by atoms with E-state index in [0.717, 1.165) is 5.39 Å². The van der Waals surface area contributed by atoms with Crippen molar-refractivity contribution in [3.8, 4) is 17.6 Å². The van der Waals surface area contributed by atoms with Gasteiger partial charge in [-0.2, -0.15) is 5.26 Å². The van der Waals surface area contributed by atoms with Crippen molar-refractivity contribution in [3.05, 3.63) is 23.8 Å². The van der Waals surface area contributed by atoms with Gasteiger partial charge in [-0.3, -0.25) is 4.79 Å². The van der Waals surface area contributed by atoms with Crippen LogP contribution in [0.25, 0.3) is 10.9 Å². The highest BCUT2D eigenvalue weighted by Gasteiger charge is 2.16. The summed E-state index contributed by atoms with van der Waals surface area (Å²) in [6.07, 6.45) is 0. The lowest BCUT2D eigenvalue weighted by Crippen LogP contribution is -2.15. The molecule has 7 heteroatoms. The molecule has 0 unspecified atom stereocenters. The number of pyridine rings is 1. The molecular formula is C15H12N2O4S. The zero-order valence-corrected chi connectivity index (χ0v) is 12.6. The SMILES string of the molecule is COC(=O)CSc1nc2cc3c(cc2cc1C#N)OCCO3. The number of rotatable bonds is 3. The lowest BCUT2D eigenvalue weighted by molar-refractivity contribution is -0.137. The van der Waals surface area contributed by atoms with E-state index in [1.165, 1.54) is 18.9 Å². The second-order valence-corrected chi connectivity index (χ2v) is 5.47. The van der Waals surface area contributed by atoms with Crippen LogP contribution in [0.2, 0.25) is 0 Å². The van der Waals surface area contributed by atoms with E-state index >= 15 is 0 Å². The summed E-state index contributed by atoms with van der Waals surface area (Å²) in [5, 5.41) is 10.6. The quantitative estimate of drug-likeness (QED) is 0.634. The molecule has 0 atom stereocenters. The highest BCUT2D eigenvalue weighted by molar-refractivity contribution is 7.99. The molecule has 0 amide bonds. The normalized spacial score (nSPS) is 12.7. The Morgan fingerprint density at radius 3 is 2.77 bits per heavy atom. The molecule has 0 saturated heterocycles. The van der Waals surface area contributed by atoms with Crippen LogP contribution in [0.1, 0.15) is 5.56 Å². The van der Waals surface area contributed by atoms with Gasteiger partial charge in [0.05, 0.1) is 23.9 Å². The summed E-state index contributed by atoms with van der Waals surface area (Å²) in [4.78, 5) is 15.7. The minimum Gasteiger partial charge on any atom is -0.486 e. The Balaban J connectivity index is 2.01. The number of nitrogens with zero attached hydrogens (tertiary/aromatic N) is 2. The molecule has 0 radical (unpaired) electrons. The van der Waals surface area contributed by atoms with Crippen molar-refractivity contribution < 1.29 is 19.0 Å². The highest BCUT2D eigenvalue weighted by atomic mass is 32.2. The zero-order valence-electron chi connectivity index (χ0n) is 11.8. The number of carbonyl (C=O) groups is 1. The molecule has 22 heavy (non-hydrogen) atoms. The van der Waals surface area contributed by atoms with E-state index in [1.807, 2.05) is 6.07 Å². The van der Waals surface area contributed by atoms with Crippen molar-refractivity contribution in [2.24, 2.45) is 0 Å². The van der Waals surface area contributed by atoms with E-state index in [1.54, 1.807) is 12.1 Å². The number of esters is 1. The predicted octanol–water partition coefficient (Wildman–Crippen LogP) is 2.14. The molecule has 0 fully saturated rings. The standard InChI is InChI=1S/C15H12N2O4S/c1-19-14(18)8-22-15-10(7-16)4-9-5-12-13(6-11(9)17-15)21-3-2-20-12/h4-6H,2-3,8H2,1H3. The Labute approximate surface area is 131 Å². The first-order valence-corrected chi connectivity index (χ1v) is 7.54. The van der Waals surface area contributed by atoms with Crippen LogP contribution in [0.15, 0.2) is 23.2 Å². The third kappa shape index (κ3) is 2.78. The maximum atomic E-state index is 11.2. The van der Waals surface area contributed by atoms with Crippen LogP contribution in [-0.2, 0) is 9.53 Å². The first-order valence-electron chi connectivity index (χ1n) is 6.55. The molecule has 0 bridgehead atoms. The minimum absolute atomic E-state index is 0.105. The fourth-order valence-electron chi connectivity index (χ4n) is 2.07. The van der Waals surface area contributed by atoms with Crippen LogP contribution in [0.5, 0.6) is 11.5 Å². The fraction of sp³-hybridized carbons (Fsp3) is 0.267. The average Bonchev–Trinajstić information content (AvgIpc) is 2.56. The van der Waals surface area contributed by atoms with E-state index < -0.39 is 0 Å². The van der Waals surface area contributed by atoms with Gasteiger partial charge >= 0.3 is 5.97 Å². The smallest absolute Gasteiger partial charge is 0.316 e. The molecular weight excluding hydrogens is 304 g/mol. The number of hydrogen-bond acceptors (Lipinski definition) is 7. The number of thioether (sulfide) groups is 1. The number of aromatic nitrogens is 1. The number of nitriles is 1. The Bertz CT molecular complexity index is 785. The van der Waals surface area contributed by atoms with Crippen LogP contribution in [0, 0.1) is 11.3 Å². The monoisotopic (exact) mass is 316 g/mol. The molecule has 1 aliphatic rings. The molecule has 2 heterocycles. The summed E-state index contributed by atoms with van der Waals surface area (Å²) in [5.41, 5.74) is 1.11. The predicted molar refractivity (Wildman–Crippen MR) is 80.2 cm³/mol. The van der Waals surface area contributed by atoms with Crippen molar-refractivity contribution in [2.45, 2.75) is 5.03 Å². The van der Waals surface area contributed by atoms with Crippen molar-refractivity contribution in [1.29, 1.82) is 5.26 Å². The Morgan fingerprint density at radius 1 is 1.36 bits per heavy atom. The molecule has 0 saturated carbocycles.